The second-order valence-corrected chi connectivity index (χ2v) is 6.69. The largest absolute Gasteiger partial charge is 0.478 e. The molecule has 0 aliphatic heterocycles. The summed E-state index contributed by atoms with van der Waals surface area (Å²) < 4.78 is 0. The van der Waals surface area contributed by atoms with E-state index >= 15 is 0 Å². The molecule has 3 aromatic rings. The lowest BCUT2D eigenvalue weighted by Gasteiger charge is -2.10. The number of allylic oxidation sites excluding steroid dienone is 2. The van der Waals surface area contributed by atoms with Gasteiger partial charge in [0.05, 0.1) is 5.56 Å². The fourth-order valence-corrected chi connectivity index (χ4v) is 3.25. The first-order chi connectivity index (χ1) is 14.1. The SMILES string of the molecule is O=C(O)c1cccc(-c2cccc(Nc3nc(=O)[nH]c4c3=CC=CCCC=4)c2)c1. The standard InChI is InChI=1S/C23H19N3O3/c27-22(28)17-9-5-7-15(13-17)16-8-6-10-18(14-16)24-21-19-11-3-1-2-4-12-20(19)25-23(29)26-21/h1,3,5-14H,2,4H2,(H,27,28)(H2,24,25,26,29). The Hall–Kier alpha value is -3.93. The number of carbonyl (C=O) groups is 1. The van der Waals surface area contributed by atoms with E-state index in [-0.39, 0.29) is 5.56 Å². The molecular weight excluding hydrogens is 366 g/mol. The Morgan fingerprint density at radius 3 is 2.69 bits per heavy atom. The van der Waals surface area contributed by atoms with Gasteiger partial charge in [0.15, 0.2) is 0 Å². The molecule has 0 radical (unpaired) electrons. The van der Waals surface area contributed by atoms with Crippen LogP contribution < -0.4 is 21.6 Å². The molecule has 0 saturated carbocycles. The third-order valence-electron chi connectivity index (χ3n) is 4.65. The minimum Gasteiger partial charge on any atom is -0.478 e. The van der Waals surface area contributed by atoms with Crippen LogP contribution in [-0.2, 0) is 0 Å². The molecule has 6 nitrogen and oxygen atoms in total. The molecule has 0 fully saturated rings. The zero-order chi connectivity index (χ0) is 20.2. The maximum atomic E-state index is 12.0. The van der Waals surface area contributed by atoms with Crippen molar-refractivity contribution in [1.29, 1.82) is 0 Å². The smallest absolute Gasteiger partial charge is 0.347 e. The van der Waals surface area contributed by atoms with Gasteiger partial charge >= 0.3 is 11.7 Å². The van der Waals surface area contributed by atoms with E-state index in [0.29, 0.717) is 5.82 Å². The van der Waals surface area contributed by atoms with Crippen molar-refractivity contribution in [1.82, 2.24) is 9.97 Å². The molecule has 0 spiro atoms. The monoisotopic (exact) mass is 385 g/mol. The number of hydrogen-bond acceptors (Lipinski definition) is 4. The number of fused-ring (bicyclic) bond motifs is 1. The van der Waals surface area contributed by atoms with Gasteiger partial charge in [0, 0.05) is 16.3 Å². The third-order valence-corrected chi connectivity index (χ3v) is 4.65. The van der Waals surface area contributed by atoms with Crippen LogP contribution in [0.3, 0.4) is 0 Å². The van der Waals surface area contributed by atoms with Crippen molar-refractivity contribution in [2.75, 3.05) is 5.32 Å². The van der Waals surface area contributed by atoms with E-state index in [1.54, 1.807) is 18.2 Å². The Bertz CT molecular complexity index is 1290. The summed E-state index contributed by atoms with van der Waals surface area (Å²) in [5, 5.41) is 14.0. The van der Waals surface area contributed by atoms with Crippen molar-refractivity contribution in [2.24, 2.45) is 0 Å². The van der Waals surface area contributed by atoms with Crippen LogP contribution >= 0.6 is 0 Å². The summed E-state index contributed by atoms with van der Waals surface area (Å²) in [5.41, 5.74) is 2.23. The van der Waals surface area contributed by atoms with Gasteiger partial charge in [-0.15, -0.1) is 0 Å². The number of H-pyrrole nitrogens is 1. The summed E-state index contributed by atoms with van der Waals surface area (Å²) in [6, 6.07) is 14.3. The minimum atomic E-state index is -0.965. The molecule has 144 valence electrons. The highest BCUT2D eigenvalue weighted by Gasteiger charge is 2.07. The molecule has 1 aliphatic rings. The Morgan fingerprint density at radius 2 is 1.86 bits per heavy atom. The second-order valence-electron chi connectivity index (χ2n) is 6.69. The summed E-state index contributed by atoms with van der Waals surface area (Å²) in [4.78, 5) is 30.2. The van der Waals surface area contributed by atoms with Crippen LogP contribution in [0.5, 0.6) is 0 Å². The van der Waals surface area contributed by atoms with Crippen molar-refractivity contribution in [3.8, 4) is 11.1 Å². The van der Waals surface area contributed by atoms with Gasteiger partial charge in [-0.1, -0.05) is 42.5 Å². The van der Waals surface area contributed by atoms with Gasteiger partial charge in [0.1, 0.15) is 5.82 Å². The van der Waals surface area contributed by atoms with Gasteiger partial charge in [0.2, 0.25) is 0 Å². The maximum Gasteiger partial charge on any atom is 0.347 e. The zero-order valence-corrected chi connectivity index (χ0v) is 15.6. The first kappa shape index (κ1) is 18.4. The predicted octanol–water partition coefficient (Wildman–Crippen LogP) is 2.79. The van der Waals surface area contributed by atoms with Gasteiger partial charge in [0.25, 0.3) is 0 Å². The molecule has 1 heterocycles. The number of anilines is 2. The topological polar surface area (TPSA) is 95.1 Å². The van der Waals surface area contributed by atoms with Crippen LogP contribution in [0.4, 0.5) is 11.5 Å². The average Bonchev–Trinajstić information content (AvgIpc) is 2.69. The van der Waals surface area contributed by atoms with Crippen LogP contribution in [0.15, 0.2) is 65.5 Å². The summed E-state index contributed by atoms with van der Waals surface area (Å²) in [5.74, 6) is -0.490. The number of hydrogen-bond donors (Lipinski definition) is 3. The molecule has 1 aromatic heterocycles. The molecule has 0 saturated heterocycles. The summed E-state index contributed by atoms with van der Waals surface area (Å²) in [6.07, 6.45) is 9.72. The van der Waals surface area contributed by atoms with Gasteiger partial charge < -0.3 is 15.4 Å². The average molecular weight is 385 g/mol. The van der Waals surface area contributed by atoms with Crippen molar-refractivity contribution in [3.05, 3.63) is 87.3 Å². The van der Waals surface area contributed by atoms with Crippen LogP contribution in [-0.4, -0.2) is 21.0 Å². The van der Waals surface area contributed by atoms with Crippen LogP contribution in [0, 0.1) is 0 Å². The number of rotatable bonds is 4. The molecular formula is C23H19N3O3. The van der Waals surface area contributed by atoms with Gasteiger partial charge in [-0.05, 0) is 54.3 Å². The van der Waals surface area contributed by atoms with Crippen molar-refractivity contribution in [3.63, 3.8) is 0 Å². The number of aromatic amines is 1. The fourth-order valence-electron chi connectivity index (χ4n) is 3.25. The Kier molecular flexibility index (Phi) is 5.07. The second kappa shape index (κ2) is 7.98. The predicted molar refractivity (Wildman–Crippen MR) is 114 cm³/mol. The summed E-state index contributed by atoms with van der Waals surface area (Å²) in [6.45, 7) is 0. The van der Waals surface area contributed by atoms with E-state index < -0.39 is 11.7 Å². The fraction of sp³-hybridized carbons (Fsp3) is 0.0870. The molecule has 0 unspecified atom stereocenters. The lowest BCUT2D eigenvalue weighted by molar-refractivity contribution is 0.0697. The van der Waals surface area contributed by atoms with Crippen LogP contribution in [0.25, 0.3) is 23.3 Å². The number of carboxylic acids is 1. The van der Waals surface area contributed by atoms with Crippen LogP contribution in [0.1, 0.15) is 23.2 Å². The van der Waals surface area contributed by atoms with Crippen molar-refractivity contribution < 1.29 is 9.90 Å². The highest BCUT2D eigenvalue weighted by atomic mass is 16.4. The maximum absolute atomic E-state index is 12.0. The number of nitrogens with zero attached hydrogens (tertiary/aromatic N) is 1. The van der Waals surface area contributed by atoms with Crippen molar-refractivity contribution in [2.45, 2.75) is 12.8 Å². The molecule has 0 bridgehead atoms. The highest BCUT2D eigenvalue weighted by molar-refractivity contribution is 5.89. The van der Waals surface area contributed by atoms with E-state index in [2.05, 4.69) is 21.4 Å². The first-order valence-corrected chi connectivity index (χ1v) is 9.28. The number of benzene rings is 2. The zero-order valence-electron chi connectivity index (χ0n) is 15.6. The summed E-state index contributed by atoms with van der Waals surface area (Å²) >= 11 is 0. The lowest BCUT2D eigenvalue weighted by atomic mass is 10.0. The molecule has 0 atom stereocenters. The van der Waals surface area contributed by atoms with E-state index in [4.69, 9.17) is 0 Å². The van der Waals surface area contributed by atoms with E-state index in [1.807, 2.05) is 48.6 Å². The molecule has 29 heavy (non-hydrogen) atoms. The van der Waals surface area contributed by atoms with E-state index in [9.17, 15) is 14.7 Å². The van der Waals surface area contributed by atoms with E-state index in [0.717, 1.165) is 40.2 Å². The summed E-state index contributed by atoms with van der Waals surface area (Å²) in [7, 11) is 0. The van der Waals surface area contributed by atoms with E-state index in [1.165, 1.54) is 0 Å². The van der Waals surface area contributed by atoms with Gasteiger partial charge in [-0.25, -0.2) is 9.59 Å². The molecule has 2 aromatic carbocycles. The Morgan fingerprint density at radius 1 is 1.07 bits per heavy atom. The van der Waals surface area contributed by atoms with Crippen LogP contribution in [0.2, 0.25) is 0 Å². The molecule has 3 N–H and O–H groups in total. The normalized spacial score (nSPS) is 12.7. The molecule has 4 rings (SSSR count). The molecule has 0 amide bonds. The highest BCUT2D eigenvalue weighted by Crippen LogP contribution is 2.24. The van der Waals surface area contributed by atoms with Gasteiger partial charge in [-0.2, -0.15) is 4.98 Å². The number of nitrogens with one attached hydrogen (secondary N) is 2. The minimum absolute atomic E-state index is 0.232. The lowest BCUT2D eigenvalue weighted by Crippen LogP contribution is -2.38. The molecule has 6 heteroatoms. The number of aromatic nitrogens is 2. The Balaban J connectivity index is 1.75. The quantitative estimate of drug-likeness (QED) is 0.642. The van der Waals surface area contributed by atoms with Gasteiger partial charge in [-0.3, -0.25) is 0 Å². The number of aromatic carboxylic acids is 1. The van der Waals surface area contributed by atoms with Crippen molar-refractivity contribution >= 4 is 29.6 Å². The molecule has 1 aliphatic carbocycles. The third kappa shape index (κ3) is 4.16. The first-order valence-electron chi connectivity index (χ1n) is 9.28. The Labute approximate surface area is 166 Å². The number of carboxylic acid groups (broad SMARTS) is 1.